The molecule has 0 amide bonds. The molecule has 3 rings (SSSR count). The molecule has 1 aliphatic heterocycles. The predicted octanol–water partition coefficient (Wildman–Crippen LogP) is 2.10. The highest BCUT2D eigenvalue weighted by Crippen LogP contribution is 2.40. The van der Waals surface area contributed by atoms with Crippen LogP contribution in [0.4, 0.5) is 0 Å². The van der Waals surface area contributed by atoms with Crippen molar-refractivity contribution in [2.24, 2.45) is 0 Å². The van der Waals surface area contributed by atoms with E-state index < -0.39 is 0 Å². The van der Waals surface area contributed by atoms with Crippen molar-refractivity contribution in [1.29, 1.82) is 0 Å². The van der Waals surface area contributed by atoms with Gasteiger partial charge in [0.1, 0.15) is 0 Å². The van der Waals surface area contributed by atoms with Crippen molar-refractivity contribution in [3.63, 3.8) is 0 Å². The summed E-state index contributed by atoms with van der Waals surface area (Å²) in [6.45, 7) is 1.76. The van der Waals surface area contributed by atoms with Gasteiger partial charge in [-0.3, -0.25) is 4.79 Å². The summed E-state index contributed by atoms with van der Waals surface area (Å²) in [5.41, 5.74) is 1.54. The number of aromatic nitrogens is 1. The van der Waals surface area contributed by atoms with Gasteiger partial charge in [-0.1, -0.05) is 0 Å². The first-order valence-electron chi connectivity index (χ1n) is 4.68. The second kappa shape index (κ2) is 2.76. The molecule has 15 heavy (non-hydrogen) atoms. The van der Waals surface area contributed by atoms with E-state index in [9.17, 15) is 4.79 Å². The van der Waals surface area contributed by atoms with Crippen molar-refractivity contribution in [2.45, 2.75) is 6.92 Å². The third-order valence-electron chi connectivity index (χ3n) is 2.56. The first kappa shape index (κ1) is 8.35. The molecule has 0 spiro atoms. The van der Waals surface area contributed by atoms with Gasteiger partial charge in [-0.15, -0.1) is 0 Å². The molecule has 0 aliphatic carbocycles. The lowest BCUT2D eigenvalue weighted by molar-refractivity contribution is 0.101. The second-order valence-corrected chi connectivity index (χ2v) is 3.48. The fraction of sp³-hybridized carbons (Fsp3) is 0.182. The summed E-state index contributed by atoms with van der Waals surface area (Å²) in [5, 5.41) is 0.817. The molecule has 0 bridgehead atoms. The topological polar surface area (TPSA) is 51.3 Å². The zero-order valence-corrected chi connectivity index (χ0v) is 8.16. The van der Waals surface area contributed by atoms with Crippen molar-refractivity contribution in [3.05, 3.63) is 23.9 Å². The van der Waals surface area contributed by atoms with Gasteiger partial charge < -0.3 is 14.5 Å². The first-order chi connectivity index (χ1) is 7.27. The Kier molecular flexibility index (Phi) is 1.54. The zero-order valence-electron chi connectivity index (χ0n) is 8.16. The second-order valence-electron chi connectivity index (χ2n) is 3.48. The standard InChI is InChI=1S/C11H9NO3/c1-6(13)7-4-12-8-2-3-9-11(10(7)8)15-5-14-9/h2-4,12H,5H2,1H3. The number of carbonyl (C=O) groups is 1. The molecule has 0 saturated heterocycles. The van der Waals surface area contributed by atoms with Gasteiger partial charge in [0.15, 0.2) is 17.3 Å². The van der Waals surface area contributed by atoms with Crippen LogP contribution in [-0.4, -0.2) is 17.6 Å². The van der Waals surface area contributed by atoms with E-state index >= 15 is 0 Å². The number of H-pyrrole nitrogens is 1. The Morgan fingerprint density at radius 3 is 3.07 bits per heavy atom. The van der Waals surface area contributed by atoms with Crippen LogP contribution >= 0.6 is 0 Å². The van der Waals surface area contributed by atoms with Gasteiger partial charge in [-0.2, -0.15) is 0 Å². The molecule has 0 unspecified atom stereocenters. The van der Waals surface area contributed by atoms with Crippen molar-refractivity contribution in [1.82, 2.24) is 4.98 Å². The number of benzene rings is 1. The fourth-order valence-corrected chi connectivity index (χ4v) is 1.86. The quantitative estimate of drug-likeness (QED) is 0.722. The van der Waals surface area contributed by atoms with E-state index in [1.807, 2.05) is 12.1 Å². The largest absolute Gasteiger partial charge is 0.454 e. The number of ether oxygens (including phenoxy) is 2. The highest BCUT2D eigenvalue weighted by atomic mass is 16.7. The molecule has 0 atom stereocenters. The number of hydrogen-bond acceptors (Lipinski definition) is 3. The number of carbonyl (C=O) groups excluding carboxylic acids is 1. The minimum Gasteiger partial charge on any atom is -0.454 e. The Balaban J connectivity index is 2.41. The van der Waals surface area contributed by atoms with Crippen LogP contribution in [0.2, 0.25) is 0 Å². The molecule has 4 heteroatoms. The van der Waals surface area contributed by atoms with Crippen molar-refractivity contribution < 1.29 is 14.3 Å². The molecule has 0 radical (unpaired) electrons. The lowest BCUT2D eigenvalue weighted by Gasteiger charge is -1.99. The van der Waals surface area contributed by atoms with E-state index in [2.05, 4.69) is 4.98 Å². The lowest BCUT2D eigenvalue weighted by atomic mass is 10.1. The number of ketones is 1. The molecule has 0 fully saturated rings. The van der Waals surface area contributed by atoms with E-state index in [4.69, 9.17) is 9.47 Å². The van der Waals surface area contributed by atoms with E-state index in [1.54, 1.807) is 6.20 Å². The Labute approximate surface area is 85.8 Å². The van der Waals surface area contributed by atoms with Crippen molar-refractivity contribution >= 4 is 16.7 Å². The Morgan fingerprint density at radius 2 is 2.27 bits per heavy atom. The minimum atomic E-state index is 0.0187. The first-order valence-corrected chi connectivity index (χ1v) is 4.68. The molecular weight excluding hydrogens is 194 g/mol. The van der Waals surface area contributed by atoms with Gasteiger partial charge in [-0.25, -0.2) is 0 Å². The number of hydrogen-bond donors (Lipinski definition) is 1. The molecular formula is C11H9NO3. The molecule has 1 aliphatic rings. The van der Waals surface area contributed by atoms with Crippen LogP contribution in [0, 0.1) is 0 Å². The van der Waals surface area contributed by atoms with Gasteiger partial charge in [0.25, 0.3) is 0 Å². The van der Waals surface area contributed by atoms with Gasteiger partial charge >= 0.3 is 0 Å². The monoisotopic (exact) mass is 203 g/mol. The maximum atomic E-state index is 11.4. The van der Waals surface area contributed by atoms with Crippen molar-refractivity contribution in [2.75, 3.05) is 6.79 Å². The molecule has 1 aromatic heterocycles. The number of fused-ring (bicyclic) bond motifs is 3. The molecule has 2 aromatic rings. The van der Waals surface area contributed by atoms with E-state index in [0.717, 1.165) is 10.9 Å². The average molecular weight is 203 g/mol. The smallest absolute Gasteiger partial charge is 0.231 e. The van der Waals surface area contributed by atoms with Crippen LogP contribution in [0.5, 0.6) is 11.5 Å². The van der Waals surface area contributed by atoms with Crippen LogP contribution in [-0.2, 0) is 0 Å². The van der Waals surface area contributed by atoms with Gasteiger partial charge in [0.2, 0.25) is 6.79 Å². The number of nitrogens with one attached hydrogen (secondary N) is 1. The summed E-state index contributed by atoms with van der Waals surface area (Å²) in [7, 11) is 0. The summed E-state index contributed by atoms with van der Waals surface area (Å²) < 4.78 is 10.6. The summed E-state index contributed by atoms with van der Waals surface area (Å²) in [6, 6.07) is 3.72. The van der Waals surface area contributed by atoms with Crippen LogP contribution < -0.4 is 9.47 Å². The maximum absolute atomic E-state index is 11.4. The number of Topliss-reactive ketones (excluding diaryl/α,β-unsaturated/α-hetero) is 1. The third-order valence-corrected chi connectivity index (χ3v) is 2.56. The number of aromatic amines is 1. The Morgan fingerprint density at radius 1 is 1.40 bits per heavy atom. The summed E-state index contributed by atoms with van der Waals surface area (Å²) in [4.78, 5) is 14.4. The van der Waals surface area contributed by atoms with E-state index in [1.165, 1.54) is 6.92 Å². The van der Waals surface area contributed by atoms with Crippen LogP contribution in [0.1, 0.15) is 17.3 Å². The molecule has 1 aromatic carbocycles. The van der Waals surface area contributed by atoms with Gasteiger partial charge in [0.05, 0.1) is 10.9 Å². The Hall–Kier alpha value is -1.97. The van der Waals surface area contributed by atoms with Crippen LogP contribution in [0.3, 0.4) is 0 Å². The SMILES string of the molecule is CC(=O)c1c[nH]c2ccc3c(c12)OCO3. The highest BCUT2D eigenvalue weighted by Gasteiger charge is 2.21. The molecule has 1 N–H and O–H groups in total. The molecule has 2 heterocycles. The zero-order chi connectivity index (χ0) is 10.4. The van der Waals surface area contributed by atoms with E-state index in [0.29, 0.717) is 17.1 Å². The summed E-state index contributed by atoms with van der Waals surface area (Å²) in [5.74, 6) is 1.38. The molecule has 4 nitrogen and oxygen atoms in total. The normalized spacial score (nSPS) is 13.4. The average Bonchev–Trinajstić information content (AvgIpc) is 2.82. The van der Waals surface area contributed by atoms with Gasteiger partial charge in [0, 0.05) is 11.8 Å². The predicted molar refractivity (Wildman–Crippen MR) is 54.4 cm³/mol. The summed E-state index contributed by atoms with van der Waals surface area (Å²) in [6.07, 6.45) is 1.70. The van der Waals surface area contributed by atoms with E-state index in [-0.39, 0.29) is 12.6 Å². The lowest BCUT2D eigenvalue weighted by Crippen LogP contribution is -1.94. The van der Waals surface area contributed by atoms with Crippen LogP contribution in [0.15, 0.2) is 18.3 Å². The summed E-state index contributed by atoms with van der Waals surface area (Å²) >= 11 is 0. The fourth-order valence-electron chi connectivity index (χ4n) is 1.86. The Bertz CT molecular complexity index is 556. The maximum Gasteiger partial charge on any atom is 0.231 e. The number of rotatable bonds is 1. The highest BCUT2D eigenvalue weighted by molar-refractivity contribution is 6.09. The minimum absolute atomic E-state index is 0.0187. The molecule has 0 saturated carbocycles. The molecule has 76 valence electrons. The third kappa shape index (κ3) is 1.05. The van der Waals surface area contributed by atoms with Gasteiger partial charge in [-0.05, 0) is 19.1 Å². The van der Waals surface area contributed by atoms with Crippen LogP contribution in [0.25, 0.3) is 10.9 Å². The van der Waals surface area contributed by atoms with Crippen molar-refractivity contribution in [3.8, 4) is 11.5 Å².